The molecule has 0 saturated carbocycles. The number of allylic oxidation sites excluding steroid dienone is 3. The van der Waals surface area contributed by atoms with E-state index in [4.69, 9.17) is 23.7 Å². The van der Waals surface area contributed by atoms with Crippen molar-refractivity contribution in [1.29, 1.82) is 0 Å². The second-order valence-electron chi connectivity index (χ2n) is 9.50. The van der Waals surface area contributed by atoms with Crippen LogP contribution in [0.5, 0.6) is 17.2 Å². The van der Waals surface area contributed by atoms with Gasteiger partial charge in [-0.2, -0.15) is 0 Å². The van der Waals surface area contributed by atoms with Gasteiger partial charge in [0, 0.05) is 34.5 Å². The molecule has 0 aromatic heterocycles. The molecular weight excluding hydrogens is 514 g/mol. The van der Waals surface area contributed by atoms with Gasteiger partial charge in [-0.1, -0.05) is 18.2 Å². The van der Waals surface area contributed by atoms with Crippen LogP contribution in [0.15, 0.2) is 65.0 Å². The summed E-state index contributed by atoms with van der Waals surface area (Å²) >= 11 is 0. The van der Waals surface area contributed by atoms with E-state index in [0.717, 1.165) is 5.56 Å². The lowest BCUT2D eigenvalue weighted by molar-refractivity contribution is -0.152. The third-order valence-corrected chi connectivity index (χ3v) is 7.33. The smallest absolute Gasteiger partial charge is 0.336 e. The molecule has 1 heterocycles. The fourth-order valence-electron chi connectivity index (χ4n) is 5.57. The molecule has 2 aliphatic rings. The van der Waals surface area contributed by atoms with E-state index in [9.17, 15) is 14.4 Å². The van der Waals surface area contributed by atoms with E-state index in [1.165, 1.54) is 7.11 Å². The minimum atomic E-state index is -1.12. The number of Topliss-reactive ketones (excluding diaryl/α,β-unsaturated/α-hetero) is 1. The normalized spacial score (nSPS) is 20.4. The van der Waals surface area contributed by atoms with Gasteiger partial charge in [0.1, 0.15) is 23.2 Å². The van der Waals surface area contributed by atoms with Gasteiger partial charge in [-0.3, -0.25) is 9.59 Å². The van der Waals surface area contributed by atoms with Crippen LogP contribution in [0.25, 0.3) is 0 Å². The molecule has 0 bridgehead atoms. The molecule has 1 aliphatic heterocycles. The molecule has 0 radical (unpaired) electrons. The fraction of sp³-hybridized carbons (Fsp3) is 0.387. The highest BCUT2D eigenvalue weighted by Gasteiger charge is 2.49. The second-order valence-corrected chi connectivity index (χ2v) is 9.50. The van der Waals surface area contributed by atoms with Crippen molar-refractivity contribution in [2.24, 2.45) is 5.92 Å². The molecule has 0 spiro atoms. The van der Waals surface area contributed by atoms with E-state index in [0.29, 0.717) is 46.2 Å². The van der Waals surface area contributed by atoms with Gasteiger partial charge >= 0.3 is 11.9 Å². The predicted molar refractivity (Wildman–Crippen MR) is 147 cm³/mol. The molecular formula is C31H35NO8. The summed E-state index contributed by atoms with van der Waals surface area (Å²) in [5, 5.41) is 3.31. The van der Waals surface area contributed by atoms with E-state index >= 15 is 0 Å². The number of nitrogens with one attached hydrogen (secondary N) is 1. The average molecular weight is 550 g/mol. The number of dihydropyridines is 1. The third kappa shape index (κ3) is 5.28. The van der Waals surface area contributed by atoms with Crippen LogP contribution < -0.4 is 19.5 Å². The van der Waals surface area contributed by atoms with Gasteiger partial charge in [-0.05, 0) is 51.0 Å². The number of esters is 2. The van der Waals surface area contributed by atoms with Crippen LogP contribution in [0.1, 0.15) is 50.2 Å². The minimum absolute atomic E-state index is 0.125. The summed E-state index contributed by atoms with van der Waals surface area (Å²) in [6, 6.07) is 12.5. The van der Waals surface area contributed by atoms with E-state index in [1.54, 1.807) is 53.2 Å². The number of ketones is 1. The zero-order valence-corrected chi connectivity index (χ0v) is 23.7. The van der Waals surface area contributed by atoms with Crippen molar-refractivity contribution in [1.82, 2.24) is 5.32 Å². The standard InChI is InChI=1S/C31H35NO8/c1-7-39-30(34)25-17(3)32-23-16-22(18-10-9-11-19(14-18)36-4)27(31(35)40-8-2)29(33)28(23)26(25)21-13-12-20(37-5)15-24(21)38-6/h9-15,22,26-27,32H,7-8,16H2,1-6H3/t22-,26+,27-/m1/s1. The highest BCUT2D eigenvalue weighted by molar-refractivity contribution is 6.13. The van der Waals surface area contributed by atoms with E-state index in [-0.39, 0.29) is 18.8 Å². The van der Waals surface area contributed by atoms with E-state index in [1.807, 2.05) is 24.3 Å². The van der Waals surface area contributed by atoms with Crippen LogP contribution >= 0.6 is 0 Å². The highest BCUT2D eigenvalue weighted by atomic mass is 16.5. The Morgan fingerprint density at radius 3 is 2.27 bits per heavy atom. The van der Waals surface area contributed by atoms with Crippen LogP contribution in [-0.4, -0.2) is 52.3 Å². The number of carbonyl (C=O) groups excluding carboxylic acids is 3. The molecule has 9 heteroatoms. The fourth-order valence-corrected chi connectivity index (χ4v) is 5.57. The number of rotatable bonds is 9. The van der Waals surface area contributed by atoms with Crippen LogP contribution in [0.3, 0.4) is 0 Å². The maximum Gasteiger partial charge on any atom is 0.336 e. The Hall–Kier alpha value is -4.27. The second kappa shape index (κ2) is 12.3. The van der Waals surface area contributed by atoms with Crippen LogP contribution in [0, 0.1) is 5.92 Å². The monoisotopic (exact) mass is 549 g/mol. The van der Waals surface area contributed by atoms with Gasteiger partial charge < -0.3 is 29.0 Å². The van der Waals surface area contributed by atoms with Crippen LogP contribution in [0.4, 0.5) is 0 Å². The predicted octanol–water partition coefficient (Wildman–Crippen LogP) is 4.43. The number of hydrogen-bond donors (Lipinski definition) is 1. The first kappa shape index (κ1) is 28.7. The van der Waals surface area contributed by atoms with E-state index in [2.05, 4.69) is 5.32 Å². The lowest BCUT2D eigenvalue weighted by atomic mass is 9.67. The number of ether oxygens (including phenoxy) is 5. The third-order valence-electron chi connectivity index (χ3n) is 7.33. The molecule has 0 unspecified atom stereocenters. The number of methoxy groups -OCH3 is 3. The van der Waals surface area contributed by atoms with Crippen molar-refractivity contribution in [3.05, 3.63) is 76.1 Å². The molecule has 2 aromatic rings. The van der Waals surface area contributed by atoms with Gasteiger partial charge in [0.25, 0.3) is 0 Å². The number of benzene rings is 2. The average Bonchev–Trinajstić information content (AvgIpc) is 2.96. The Kier molecular flexibility index (Phi) is 8.82. The zero-order valence-electron chi connectivity index (χ0n) is 23.7. The molecule has 0 amide bonds. The lowest BCUT2D eigenvalue weighted by Crippen LogP contribution is -2.43. The van der Waals surface area contributed by atoms with Gasteiger partial charge in [0.2, 0.25) is 0 Å². The number of carbonyl (C=O) groups is 3. The molecule has 9 nitrogen and oxygen atoms in total. The first-order chi connectivity index (χ1) is 19.3. The first-order valence-corrected chi connectivity index (χ1v) is 13.2. The summed E-state index contributed by atoms with van der Waals surface area (Å²) in [4.78, 5) is 41.2. The van der Waals surface area contributed by atoms with Crippen molar-refractivity contribution in [3.63, 3.8) is 0 Å². The van der Waals surface area contributed by atoms with Crippen LogP contribution in [0.2, 0.25) is 0 Å². The van der Waals surface area contributed by atoms with Crippen molar-refractivity contribution in [2.45, 2.75) is 39.0 Å². The van der Waals surface area contributed by atoms with Crippen molar-refractivity contribution in [2.75, 3.05) is 34.5 Å². The number of hydrogen-bond acceptors (Lipinski definition) is 9. The van der Waals surface area contributed by atoms with Crippen molar-refractivity contribution < 1.29 is 38.1 Å². The molecule has 1 aliphatic carbocycles. The molecule has 0 saturated heterocycles. The Morgan fingerprint density at radius 1 is 0.925 bits per heavy atom. The SMILES string of the molecule is CCOC(=O)C1=C(C)NC2=C(C(=O)[C@H](C(=O)OCC)[C@@H](c3cccc(OC)c3)C2)[C@H]1c1ccc(OC)cc1OC. The zero-order chi connectivity index (χ0) is 29.0. The molecule has 212 valence electrons. The topological polar surface area (TPSA) is 109 Å². The molecule has 4 rings (SSSR count). The largest absolute Gasteiger partial charge is 0.497 e. The minimum Gasteiger partial charge on any atom is -0.497 e. The quantitative estimate of drug-likeness (QED) is 0.359. The van der Waals surface area contributed by atoms with E-state index < -0.39 is 35.5 Å². The first-order valence-electron chi connectivity index (χ1n) is 13.2. The maximum atomic E-state index is 14.5. The summed E-state index contributed by atoms with van der Waals surface area (Å²) in [6.07, 6.45) is 0.333. The van der Waals surface area contributed by atoms with Gasteiger partial charge in [-0.15, -0.1) is 0 Å². The maximum absolute atomic E-state index is 14.5. The van der Waals surface area contributed by atoms with Gasteiger partial charge in [0.05, 0.1) is 46.0 Å². The Morgan fingerprint density at radius 2 is 1.62 bits per heavy atom. The van der Waals surface area contributed by atoms with Gasteiger partial charge in [0.15, 0.2) is 5.78 Å². The summed E-state index contributed by atoms with van der Waals surface area (Å²) in [5.74, 6) is -2.46. The van der Waals surface area contributed by atoms with Gasteiger partial charge in [-0.25, -0.2) is 4.79 Å². The van der Waals surface area contributed by atoms with Crippen LogP contribution in [-0.2, 0) is 23.9 Å². The van der Waals surface area contributed by atoms with Crippen molar-refractivity contribution in [3.8, 4) is 17.2 Å². The molecule has 40 heavy (non-hydrogen) atoms. The highest BCUT2D eigenvalue weighted by Crippen LogP contribution is 2.50. The molecule has 0 fully saturated rings. The lowest BCUT2D eigenvalue weighted by Gasteiger charge is -2.39. The molecule has 2 aromatic carbocycles. The summed E-state index contributed by atoms with van der Waals surface area (Å²) in [7, 11) is 4.62. The Bertz CT molecular complexity index is 1380. The summed E-state index contributed by atoms with van der Waals surface area (Å²) < 4.78 is 27.3. The molecule has 1 N–H and O–H groups in total. The molecule has 3 atom stereocenters. The summed E-state index contributed by atoms with van der Waals surface area (Å²) in [5.41, 5.74) is 3.14. The summed E-state index contributed by atoms with van der Waals surface area (Å²) in [6.45, 7) is 5.49. The Balaban J connectivity index is 1.95. The Labute approximate surface area is 234 Å². The van der Waals surface area contributed by atoms with Crippen molar-refractivity contribution >= 4 is 17.7 Å².